The van der Waals surface area contributed by atoms with Gasteiger partial charge in [0.2, 0.25) is 10.0 Å². The molecule has 1 aromatic rings. The molecular weight excluding hydrogens is 290 g/mol. The van der Waals surface area contributed by atoms with Crippen molar-refractivity contribution >= 4 is 16.0 Å². The van der Waals surface area contributed by atoms with Crippen molar-refractivity contribution in [2.45, 2.75) is 44.9 Å². The van der Waals surface area contributed by atoms with E-state index in [1.807, 2.05) is 20.8 Å². The van der Waals surface area contributed by atoms with Gasteiger partial charge >= 0.3 is 5.97 Å². The van der Waals surface area contributed by atoms with E-state index < -0.39 is 16.0 Å². The van der Waals surface area contributed by atoms with Crippen LogP contribution in [0.5, 0.6) is 0 Å². The molecule has 0 aromatic heterocycles. The molecule has 1 rings (SSSR count). The van der Waals surface area contributed by atoms with Gasteiger partial charge in [-0.05, 0) is 30.0 Å². The molecule has 118 valence electrons. The predicted molar refractivity (Wildman–Crippen MR) is 82.0 cm³/mol. The molecular formula is C15H23NO4S. The Morgan fingerprint density at radius 3 is 2.33 bits per heavy atom. The summed E-state index contributed by atoms with van der Waals surface area (Å²) in [5, 5.41) is 9.17. The lowest BCUT2D eigenvalue weighted by Gasteiger charge is -2.14. The number of nitrogens with one attached hydrogen (secondary N) is 1. The number of rotatable bonds is 8. The number of sulfonamides is 1. The monoisotopic (exact) mass is 313 g/mol. The number of carboxylic acids is 1. The molecule has 0 aliphatic heterocycles. The molecule has 0 aliphatic rings. The van der Waals surface area contributed by atoms with Gasteiger partial charge < -0.3 is 5.11 Å². The number of hydrogen-bond acceptors (Lipinski definition) is 3. The van der Waals surface area contributed by atoms with E-state index in [0.29, 0.717) is 18.5 Å². The highest BCUT2D eigenvalue weighted by molar-refractivity contribution is 7.89. The van der Waals surface area contributed by atoms with Crippen molar-refractivity contribution in [1.29, 1.82) is 0 Å². The van der Waals surface area contributed by atoms with E-state index >= 15 is 0 Å². The van der Waals surface area contributed by atoms with Gasteiger partial charge in [-0.1, -0.05) is 39.7 Å². The number of hydrogen-bond donors (Lipinski definition) is 2. The van der Waals surface area contributed by atoms with E-state index in [-0.39, 0.29) is 16.4 Å². The summed E-state index contributed by atoms with van der Waals surface area (Å²) in [5.41, 5.74) is 0.671. The summed E-state index contributed by atoms with van der Waals surface area (Å²) in [4.78, 5) is 11.2. The lowest BCUT2D eigenvalue weighted by atomic mass is 10.0. The fraction of sp³-hybridized carbons (Fsp3) is 0.533. The minimum Gasteiger partial charge on any atom is -0.478 e. The summed E-state index contributed by atoms with van der Waals surface area (Å²) in [5.74, 6) is -0.822. The first-order valence-electron chi connectivity index (χ1n) is 7.21. The van der Waals surface area contributed by atoms with Gasteiger partial charge in [0.25, 0.3) is 0 Å². The molecule has 0 saturated heterocycles. The van der Waals surface area contributed by atoms with Crippen molar-refractivity contribution in [1.82, 2.24) is 4.72 Å². The van der Waals surface area contributed by atoms with Crippen LogP contribution in [0, 0.1) is 5.92 Å². The smallest absolute Gasteiger partial charge is 0.336 e. The van der Waals surface area contributed by atoms with Gasteiger partial charge in [-0.25, -0.2) is 17.9 Å². The molecule has 5 nitrogen and oxygen atoms in total. The van der Waals surface area contributed by atoms with Crippen molar-refractivity contribution in [2.24, 2.45) is 5.92 Å². The average molecular weight is 313 g/mol. The summed E-state index contributed by atoms with van der Waals surface area (Å²) >= 11 is 0. The second-order valence-electron chi connectivity index (χ2n) is 5.01. The fourth-order valence-electron chi connectivity index (χ4n) is 2.12. The molecule has 0 saturated carbocycles. The van der Waals surface area contributed by atoms with Crippen LogP contribution < -0.4 is 4.72 Å². The Morgan fingerprint density at radius 2 is 1.86 bits per heavy atom. The molecule has 0 amide bonds. The van der Waals surface area contributed by atoms with E-state index in [2.05, 4.69) is 4.72 Å². The highest BCUT2D eigenvalue weighted by Gasteiger charge is 2.19. The van der Waals surface area contributed by atoms with E-state index in [0.717, 1.165) is 12.8 Å². The zero-order valence-corrected chi connectivity index (χ0v) is 13.5. The normalized spacial score (nSPS) is 11.8. The lowest BCUT2D eigenvalue weighted by Crippen LogP contribution is -2.29. The number of aryl methyl sites for hydroxylation is 1. The van der Waals surface area contributed by atoms with Crippen molar-refractivity contribution in [3.05, 3.63) is 29.3 Å². The lowest BCUT2D eigenvalue weighted by molar-refractivity contribution is 0.0695. The maximum absolute atomic E-state index is 12.2. The molecule has 0 heterocycles. The Balaban J connectivity index is 3.03. The molecule has 1 aromatic carbocycles. The van der Waals surface area contributed by atoms with Gasteiger partial charge in [-0.2, -0.15) is 0 Å². The molecule has 0 bridgehead atoms. The number of aromatic carboxylic acids is 1. The van der Waals surface area contributed by atoms with Crippen LogP contribution in [0.2, 0.25) is 0 Å². The standard InChI is InChI=1S/C15H23NO4S/c1-4-11(5-2)10-16-21(19,20)13-8-7-12(6-3)14(9-13)15(17)18/h7-9,11,16H,4-6,10H2,1-3H3,(H,17,18). The van der Waals surface area contributed by atoms with E-state index in [1.165, 1.54) is 12.1 Å². The number of carboxylic acid groups (broad SMARTS) is 1. The van der Waals surface area contributed by atoms with Gasteiger partial charge in [-0.3, -0.25) is 0 Å². The molecule has 2 N–H and O–H groups in total. The summed E-state index contributed by atoms with van der Waals surface area (Å²) in [6.45, 7) is 6.23. The molecule has 0 fully saturated rings. The summed E-state index contributed by atoms with van der Waals surface area (Å²) in [7, 11) is -3.67. The Bertz CT molecular complexity index is 592. The average Bonchev–Trinajstić information content (AvgIpc) is 2.47. The van der Waals surface area contributed by atoms with Crippen molar-refractivity contribution in [3.63, 3.8) is 0 Å². The maximum Gasteiger partial charge on any atom is 0.336 e. The van der Waals surface area contributed by atoms with Crippen LogP contribution in [0.1, 0.15) is 49.5 Å². The first kappa shape index (κ1) is 17.7. The molecule has 0 unspecified atom stereocenters. The zero-order chi connectivity index (χ0) is 16.0. The van der Waals surface area contributed by atoms with Crippen LogP contribution in [0.25, 0.3) is 0 Å². The SMILES string of the molecule is CCc1ccc(S(=O)(=O)NCC(CC)CC)cc1C(=O)O. The highest BCUT2D eigenvalue weighted by atomic mass is 32.2. The zero-order valence-electron chi connectivity index (χ0n) is 12.7. The van der Waals surface area contributed by atoms with Crippen LogP contribution in [-0.4, -0.2) is 26.0 Å². The minimum atomic E-state index is -3.67. The van der Waals surface area contributed by atoms with Gasteiger partial charge in [-0.15, -0.1) is 0 Å². The molecule has 0 spiro atoms. The third-order valence-electron chi connectivity index (χ3n) is 3.72. The first-order chi connectivity index (χ1) is 9.85. The summed E-state index contributed by atoms with van der Waals surface area (Å²) in [6, 6.07) is 4.26. The highest BCUT2D eigenvalue weighted by Crippen LogP contribution is 2.17. The third-order valence-corrected chi connectivity index (χ3v) is 5.14. The van der Waals surface area contributed by atoms with Crippen molar-refractivity contribution in [3.8, 4) is 0 Å². The van der Waals surface area contributed by atoms with Crippen LogP contribution in [0.4, 0.5) is 0 Å². The van der Waals surface area contributed by atoms with Gasteiger partial charge in [0, 0.05) is 6.54 Å². The van der Waals surface area contributed by atoms with Crippen molar-refractivity contribution < 1.29 is 18.3 Å². The molecule has 0 radical (unpaired) electrons. The van der Waals surface area contributed by atoms with E-state index in [1.54, 1.807) is 6.07 Å². The van der Waals surface area contributed by atoms with Crippen LogP contribution >= 0.6 is 0 Å². The first-order valence-corrected chi connectivity index (χ1v) is 8.69. The van der Waals surface area contributed by atoms with Crippen LogP contribution in [0.15, 0.2) is 23.1 Å². The molecule has 0 aliphatic carbocycles. The Hall–Kier alpha value is -1.40. The second-order valence-corrected chi connectivity index (χ2v) is 6.78. The molecule has 0 atom stereocenters. The quantitative estimate of drug-likeness (QED) is 0.773. The number of benzene rings is 1. The van der Waals surface area contributed by atoms with Gasteiger partial charge in [0.15, 0.2) is 0 Å². The number of carbonyl (C=O) groups is 1. The minimum absolute atomic E-state index is 0.00283. The summed E-state index contributed by atoms with van der Waals surface area (Å²) in [6.07, 6.45) is 2.34. The largest absolute Gasteiger partial charge is 0.478 e. The summed E-state index contributed by atoms with van der Waals surface area (Å²) < 4.78 is 27.0. The van der Waals surface area contributed by atoms with E-state index in [9.17, 15) is 13.2 Å². The Labute approximate surface area is 126 Å². The van der Waals surface area contributed by atoms with Crippen LogP contribution in [0.3, 0.4) is 0 Å². The molecule has 21 heavy (non-hydrogen) atoms. The fourth-order valence-corrected chi connectivity index (χ4v) is 3.26. The maximum atomic E-state index is 12.2. The third kappa shape index (κ3) is 4.54. The second kappa shape index (κ2) is 7.56. The predicted octanol–water partition coefficient (Wildman–Crippen LogP) is 2.66. The molecule has 6 heteroatoms. The Morgan fingerprint density at radius 1 is 1.24 bits per heavy atom. The van der Waals surface area contributed by atoms with Gasteiger partial charge in [0.1, 0.15) is 0 Å². The van der Waals surface area contributed by atoms with Crippen LogP contribution in [-0.2, 0) is 16.4 Å². The van der Waals surface area contributed by atoms with E-state index in [4.69, 9.17) is 5.11 Å². The Kier molecular flexibility index (Phi) is 6.36. The topological polar surface area (TPSA) is 83.5 Å². The van der Waals surface area contributed by atoms with Crippen molar-refractivity contribution in [2.75, 3.05) is 6.54 Å². The van der Waals surface area contributed by atoms with Gasteiger partial charge in [0.05, 0.1) is 10.5 Å².